The van der Waals surface area contributed by atoms with Crippen molar-refractivity contribution in [3.63, 3.8) is 0 Å². The molecule has 0 aromatic heterocycles. The highest BCUT2D eigenvalue weighted by molar-refractivity contribution is 5.75. The van der Waals surface area contributed by atoms with Crippen LogP contribution in [0.3, 0.4) is 0 Å². The Morgan fingerprint density at radius 3 is 2.86 bits per heavy atom. The third-order valence-electron chi connectivity index (χ3n) is 4.40. The number of likely N-dealkylation sites (tertiary alicyclic amines) is 1. The minimum absolute atomic E-state index is 0.0181. The number of hydrogen-bond donors (Lipinski definition) is 1. The van der Waals surface area contributed by atoms with Gasteiger partial charge in [-0.3, -0.25) is 9.69 Å². The fourth-order valence-electron chi connectivity index (χ4n) is 3.06. The van der Waals surface area contributed by atoms with Crippen molar-refractivity contribution < 1.29 is 18.7 Å². The Bertz CT molecular complexity index is 507. The molecule has 116 valence electrons. The molecule has 0 spiro atoms. The second-order valence-corrected chi connectivity index (χ2v) is 5.80. The molecule has 1 heterocycles. The molecule has 5 heteroatoms. The van der Waals surface area contributed by atoms with E-state index in [1.165, 1.54) is 12.1 Å². The molecule has 0 bridgehead atoms. The second-order valence-electron chi connectivity index (χ2n) is 5.80. The number of carbonyl (C=O) groups is 1. The highest BCUT2D eigenvalue weighted by atomic mass is 19.3. The Labute approximate surface area is 123 Å². The molecule has 3 nitrogen and oxygen atoms in total. The normalized spacial score (nSPS) is 23.4. The summed E-state index contributed by atoms with van der Waals surface area (Å²) >= 11 is 0. The molecule has 1 fully saturated rings. The van der Waals surface area contributed by atoms with Crippen LogP contribution in [0.15, 0.2) is 24.3 Å². The first-order valence-corrected chi connectivity index (χ1v) is 7.29. The second kappa shape index (κ2) is 6.52. The molecule has 0 amide bonds. The molecule has 1 saturated heterocycles. The quantitative estimate of drug-likeness (QED) is 0.901. The zero-order valence-electron chi connectivity index (χ0n) is 12.2. The molecule has 21 heavy (non-hydrogen) atoms. The van der Waals surface area contributed by atoms with E-state index >= 15 is 0 Å². The first kappa shape index (κ1) is 15.9. The molecule has 1 N–H and O–H groups in total. The fraction of sp³-hybridized carbons (Fsp3) is 0.562. The Kier molecular flexibility index (Phi) is 4.93. The summed E-state index contributed by atoms with van der Waals surface area (Å²) < 4.78 is 25.4. The molecule has 1 atom stereocenters. The molecule has 1 aromatic carbocycles. The van der Waals surface area contributed by atoms with E-state index < -0.39 is 17.8 Å². The highest BCUT2D eigenvalue weighted by Crippen LogP contribution is 2.34. The van der Waals surface area contributed by atoms with Gasteiger partial charge in [-0.2, -0.15) is 0 Å². The summed E-state index contributed by atoms with van der Waals surface area (Å²) in [6.45, 7) is 3.72. The molecule has 1 aliphatic heterocycles. The Balaban J connectivity index is 2.09. The van der Waals surface area contributed by atoms with Crippen molar-refractivity contribution in [3.05, 3.63) is 35.4 Å². The summed E-state index contributed by atoms with van der Waals surface area (Å²) in [6.07, 6.45) is -0.364. The number of carboxylic acid groups (broad SMARTS) is 1. The number of piperidine rings is 1. The first-order chi connectivity index (χ1) is 9.97. The van der Waals surface area contributed by atoms with E-state index in [2.05, 4.69) is 4.90 Å². The van der Waals surface area contributed by atoms with Crippen molar-refractivity contribution in [1.29, 1.82) is 0 Å². The smallest absolute Gasteiger partial charge is 0.310 e. The number of halogens is 2. The maximum Gasteiger partial charge on any atom is 0.310 e. The lowest BCUT2D eigenvalue weighted by Gasteiger charge is -2.39. The van der Waals surface area contributed by atoms with Crippen LogP contribution in [-0.2, 0) is 11.3 Å². The Morgan fingerprint density at radius 2 is 2.24 bits per heavy atom. The molecule has 0 aliphatic carbocycles. The van der Waals surface area contributed by atoms with Gasteiger partial charge in [-0.1, -0.05) is 25.1 Å². The van der Waals surface area contributed by atoms with Gasteiger partial charge in [0.05, 0.1) is 5.41 Å². The SMILES string of the molecule is CCC1(C(=O)O)CCCN(Cc2cccc(C(F)F)c2)C1. The number of hydrogen-bond acceptors (Lipinski definition) is 2. The van der Waals surface area contributed by atoms with Crippen LogP contribution in [0.2, 0.25) is 0 Å². The standard InChI is InChI=1S/C16H21F2NO2/c1-2-16(15(20)21)7-4-8-19(11-16)10-12-5-3-6-13(9-12)14(17)18/h3,5-6,9,14H,2,4,7-8,10-11H2,1H3,(H,20,21). The van der Waals surface area contributed by atoms with E-state index in [-0.39, 0.29) is 5.56 Å². The van der Waals surface area contributed by atoms with Gasteiger partial charge >= 0.3 is 5.97 Å². The van der Waals surface area contributed by atoms with E-state index in [4.69, 9.17) is 0 Å². The van der Waals surface area contributed by atoms with Crippen molar-refractivity contribution in [2.24, 2.45) is 5.41 Å². The lowest BCUT2D eigenvalue weighted by molar-refractivity contribution is -0.153. The van der Waals surface area contributed by atoms with Gasteiger partial charge in [-0.25, -0.2) is 8.78 Å². The topological polar surface area (TPSA) is 40.5 Å². The Hall–Kier alpha value is -1.49. The lowest BCUT2D eigenvalue weighted by Crippen LogP contribution is -2.47. The van der Waals surface area contributed by atoms with Gasteiger partial charge in [-0.15, -0.1) is 0 Å². The highest BCUT2D eigenvalue weighted by Gasteiger charge is 2.40. The van der Waals surface area contributed by atoms with E-state index in [9.17, 15) is 18.7 Å². The maximum atomic E-state index is 12.7. The van der Waals surface area contributed by atoms with Gasteiger partial charge in [-0.05, 0) is 37.4 Å². The Morgan fingerprint density at radius 1 is 1.48 bits per heavy atom. The van der Waals surface area contributed by atoms with Crippen molar-refractivity contribution in [3.8, 4) is 0 Å². The van der Waals surface area contributed by atoms with Crippen LogP contribution in [0, 0.1) is 5.41 Å². The third-order valence-corrected chi connectivity index (χ3v) is 4.40. The van der Waals surface area contributed by atoms with Gasteiger partial charge in [0.2, 0.25) is 0 Å². The van der Waals surface area contributed by atoms with Crippen LogP contribution >= 0.6 is 0 Å². The molecular formula is C16H21F2NO2. The van der Waals surface area contributed by atoms with Gasteiger partial charge < -0.3 is 5.11 Å². The minimum Gasteiger partial charge on any atom is -0.481 e. The van der Waals surface area contributed by atoms with E-state index in [0.29, 0.717) is 25.9 Å². The summed E-state index contributed by atoms with van der Waals surface area (Å²) in [5, 5.41) is 9.46. The molecule has 0 saturated carbocycles. The minimum atomic E-state index is -2.47. The van der Waals surface area contributed by atoms with Crippen molar-refractivity contribution >= 4 is 5.97 Å². The molecular weight excluding hydrogens is 276 g/mol. The van der Waals surface area contributed by atoms with E-state index in [1.807, 2.05) is 13.0 Å². The van der Waals surface area contributed by atoms with Crippen LogP contribution in [0.4, 0.5) is 8.78 Å². The van der Waals surface area contributed by atoms with Gasteiger partial charge in [0.15, 0.2) is 0 Å². The summed E-state index contributed by atoms with van der Waals surface area (Å²) in [6, 6.07) is 6.37. The zero-order chi connectivity index (χ0) is 15.5. The van der Waals surface area contributed by atoms with Crippen LogP contribution in [-0.4, -0.2) is 29.1 Å². The lowest BCUT2D eigenvalue weighted by atomic mass is 9.77. The average Bonchev–Trinajstić information content (AvgIpc) is 2.47. The number of carboxylic acids is 1. The van der Waals surface area contributed by atoms with Crippen LogP contribution in [0.25, 0.3) is 0 Å². The van der Waals surface area contributed by atoms with Crippen LogP contribution in [0.5, 0.6) is 0 Å². The largest absolute Gasteiger partial charge is 0.481 e. The molecule has 1 unspecified atom stereocenters. The number of aliphatic carboxylic acids is 1. The van der Waals surface area contributed by atoms with Gasteiger partial charge in [0, 0.05) is 18.7 Å². The molecule has 1 aromatic rings. The summed E-state index contributed by atoms with van der Waals surface area (Å²) in [7, 11) is 0. The first-order valence-electron chi connectivity index (χ1n) is 7.29. The number of rotatable bonds is 5. The number of alkyl halides is 2. The summed E-state index contributed by atoms with van der Waals surface area (Å²) in [5.41, 5.74) is 0.132. The number of nitrogens with zero attached hydrogens (tertiary/aromatic N) is 1. The van der Waals surface area contributed by atoms with Crippen molar-refractivity contribution in [2.45, 2.75) is 39.2 Å². The van der Waals surface area contributed by atoms with Gasteiger partial charge in [0.1, 0.15) is 0 Å². The molecule has 1 aliphatic rings. The third kappa shape index (κ3) is 3.59. The number of benzene rings is 1. The fourth-order valence-corrected chi connectivity index (χ4v) is 3.06. The van der Waals surface area contributed by atoms with Crippen molar-refractivity contribution in [2.75, 3.05) is 13.1 Å². The summed E-state index contributed by atoms with van der Waals surface area (Å²) in [5.74, 6) is -0.754. The average molecular weight is 297 g/mol. The van der Waals surface area contributed by atoms with E-state index in [1.54, 1.807) is 6.07 Å². The maximum absolute atomic E-state index is 12.7. The van der Waals surface area contributed by atoms with Crippen molar-refractivity contribution in [1.82, 2.24) is 4.90 Å². The molecule has 0 radical (unpaired) electrons. The summed E-state index contributed by atoms with van der Waals surface area (Å²) in [4.78, 5) is 13.6. The van der Waals surface area contributed by atoms with Crippen LogP contribution in [0.1, 0.15) is 43.7 Å². The predicted octanol–water partition coefficient (Wildman–Crippen LogP) is 3.70. The monoisotopic (exact) mass is 297 g/mol. The molecule has 2 rings (SSSR count). The van der Waals surface area contributed by atoms with Gasteiger partial charge in [0.25, 0.3) is 6.43 Å². The zero-order valence-corrected chi connectivity index (χ0v) is 12.2. The van der Waals surface area contributed by atoms with E-state index in [0.717, 1.165) is 18.5 Å². The predicted molar refractivity (Wildman–Crippen MR) is 76.3 cm³/mol. The van der Waals surface area contributed by atoms with Crippen LogP contribution < -0.4 is 0 Å².